The Labute approximate surface area is 163 Å². The van der Waals surface area contributed by atoms with Gasteiger partial charge in [0.05, 0.1) is 16.7 Å². The Morgan fingerprint density at radius 3 is 2.50 bits per heavy atom. The fourth-order valence-electron chi connectivity index (χ4n) is 2.24. The molecule has 2 aromatic carbocycles. The minimum Gasteiger partial charge on any atom is -0.325 e. The maximum Gasteiger partial charge on any atom is 0.203 e. The summed E-state index contributed by atoms with van der Waals surface area (Å²) in [4.78, 5) is 4.49. The molecule has 0 unspecified atom stereocenters. The highest BCUT2D eigenvalue weighted by atomic mass is 79.9. The highest BCUT2D eigenvalue weighted by molar-refractivity contribution is 9.11. The van der Waals surface area contributed by atoms with E-state index in [1.807, 2.05) is 48.0 Å². The zero-order valence-corrected chi connectivity index (χ0v) is 17.1. The number of fused-ring (bicyclic) bond motifs is 1. The first-order chi connectivity index (χ1) is 11.5. The molecule has 120 valence electrons. The van der Waals surface area contributed by atoms with E-state index in [2.05, 4.69) is 69.4 Å². The maximum atomic E-state index is 9.48. The zero-order valence-electron chi connectivity index (χ0n) is 12.4. The molecule has 1 N–H and O–H groups in total. The summed E-state index contributed by atoms with van der Waals surface area (Å²) in [6.07, 6.45) is 0. The molecule has 0 aliphatic rings. The van der Waals surface area contributed by atoms with Crippen LogP contribution in [-0.4, -0.2) is 15.3 Å². The molecule has 3 aromatic rings. The van der Waals surface area contributed by atoms with Crippen molar-refractivity contribution in [1.82, 2.24) is 9.55 Å². The van der Waals surface area contributed by atoms with Crippen molar-refractivity contribution in [3.63, 3.8) is 0 Å². The second-order valence-electron chi connectivity index (χ2n) is 4.91. The van der Waals surface area contributed by atoms with Gasteiger partial charge in [0.2, 0.25) is 5.71 Å². The van der Waals surface area contributed by atoms with Crippen molar-refractivity contribution in [2.45, 2.75) is 0 Å². The second-order valence-corrected chi connectivity index (χ2v) is 7.54. The van der Waals surface area contributed by atoms with Crippen molar-refractivity contribution < 1.29 is 0 Å². The summed E-state index contributed by atoms with van der Waals surface area (Å²) in [7, 11) is 1.86. The van der Waals surface area contributed by atoms with E-state index in [1.54, 1.807) is 0 Å². The van der Waals surface area contributed by atoms with Gasteiger partial charge in [0.1, 0.15) is 6.07 Å². The number of aromatic nitrogens is 2. The van der Waals surface area contributed by atoms with Crippen LogP contribution >= 0.6 is 47.8 Å². The lowest BCUT2D eigenvalue weighted by Gasteiger charge is -2.08. The van der Waals surface area contributed by atoms with Crippen LogP contribution in [0.1, 0.15) is 5.82 Å². The van der Waals surface area contributed by atoms with Gasteiger partial charge in [0, 0.05) is 20.5 Å². The van der Waals surface area contributed by atoms with Crippen molar-refractivity contribution in [2.75, 3.05) is 5.43 Å². The van der Waals surface area contributed by atoms with Crippen LogP contribution in [0.2, 0.25) is 0 Å². The summed E-state index contributed by atoms with van der Waals surface area (Å²) in [5.41, 5.74) is 5.63. The number of rotatable bonds is 3. The third kappa shape index (κ3) is 3.24. The molecule has 24 heavy (non-hydrogen) atoms. The molecule has 0 bridgehead atoms. The number of hydrazone groups is 1. The van der Waals surface area contributed by atoms with Gasteiger partial charge in [0.15, 0.2) is 5.82 Å². The van der Waals surface area contributed by atoms with E-state index >= 15 is 0 Å². The van der Waals surface area contributed by atoms with Crippen molar-refractivity contribution >= 4 is 70.2 Å². The molecule has 0 spiro atoms. The van der Waals surface area contributed by atoms with Crippen LogP contribution in [0.15, 0.2) is 54.9 Å². The quantitative estimate of drug-likeness (QED) is 0.388. The molecular weight excluding hydrogens is 502 g/mol. The Kier molecular flexibility index (Phi) is 5.04. The molecule has 0 aliphatic heterocycles. The Balaban J connectivity index is 2.01. The van der Waals surface area contributed by atoms with Crippen LogP contribution in [-0.2, 0) is 7.05 Å². The highest BCUT2D eigenvalue weighted by Gasteiger charge is 2.14. The Morgan fingerprint density at radius 1 is 1.21 bits per heavy atom. The van der Waals surface area contributed by atoms with Gasteiger partial charge in [-0.3, -0.25) is 5.43 Å². The summed E-state index contributed by atoms with van der Waals surface area (Å²) < 4.78 is 4.40. The Hall–Kier alpha value is -1.69. The first kappa shape index (κ1) is 17.1. The monoisotopic (exact) mass is 509 g/mol. The van der Waals surface area contributed by atoms with Gasteiger partial charge in [-0.05, 0) is 56.1 Å². The number of hydrogen-bond acceptors (Lipinski definition) is 4. The van der Waals surface area contributed by atoms with E-state index in [-0.39, 0.29) is 5.71 Å². The highest BCUT2D eigenvalue weighted by Crippen LogP contribution is 2.34. The largest absolute Gasteiger partial charge is 0.325 e. The molecule has 0 atom stereocenters. The molecule has 5 nitrogen and oxygen atoms in total. The smallest absolute Gasteiger partial charge is 0.203 e. The minimum absolute atomic E-state index is 0.204. The number of nitrogens with one attached hydrogen (secondary N) is 1. The standard InChI is InChI=1S/C16H10Br3N5/c1-24-14-5-3-2-4-12(14)21-16(24)13(8-20)22-23-15-10(18)6-9(17)7-11(15)19/h2-7,23H,1H3/b22-13-. The summed E-state index contributed by atoms with van der Waals surface area (Å²) in [6.45, 7) is 0. The van der Waals surface area contributed by atoms with Gasteiger partial charge >= 0.3 is 0 Å². The third-order valence-corrected chi connectivity index (χ3v) is 5.10. The van der Waals surface area contributed by atoms with Crippen LogP contribution in [0.4, 0.5) is 5.69 Å². The maximum absolute atomic E-state index is 9.48. The van der Waals surface area contributed by atoms with Crippen LogP contribution in [0.25, 0.3) is 11.0 Å². The Bertz CT molecular complexity index is 978. The summed E-state index contributed by atoms with van der Waals surface area (Å²) >= 11 is 10.4. The van der Waals surface area contributed by atoms with E-state index < -0.39 is 0 Å². The van der Waals surface area contributed by atoms with Crippen LogP contribution < -0.4 is 5.43 Å². The first-order valence-electron chi connectivity index (χ1n) is 6.81. The number of hydrogen-bond donors (Lipinski definition) is 1. The van der Waals surface area contributed by atoms with Gasteiger partial charge in [-0.2, -0.15) is 10.4 Å². The molecular formula is C16H10Br3N5. The van der Waals surface area contributed by atoms with Gasteiger partial charge < -0.3 is 4.57 Å². The number of aryl methyl sites for hydroxylation is 1. The van der Waals surface area contributed by atoms with Crippen LogP contribution in [0.3, 0.4) is 0 Å². The normalized spacial score (nSPS) is 11.5. The molecule has 0 saturated heterocycles. The number of nitriles is 1. The second kappa shape index (κ2) is 7.05. The van der Waals surface area contributed by atoms with E-state index in [4.69, 9.17) is 0 Å². The van der Waals surface area contributed by atoms with Crippen LogP contribution in [0, 0.1) is 11.3 Å². The minimum atomic E-state index is 0.204. The number of nitrogens with zero attached hydrogens (tertiary/aromatic N) is 4. The lowest BCUT2D eigenvalue weighted by atomic mass is 10.3. The molecule has 1 aromatic heterocycles. The van der Waals surface area contributed by atoms with E-state index in [0.29, 0.717) is 5.82 Å². The predicted octanol–water partition coefficient (Wildman–Crippen LogP) is 5.20. The van der Waals surface area contributed by atoms with Crippen LogP contribution in [0.5, 0.6) is 0 Å². The summed E-state index contributed by atoms with van der Waals surface area (Å²) in [5, 5.41) is 13.7. The molecule has 0 amide bonds. The van der Waals surface area contributed by atoms with Crippen molar-refractivity contribution in [2.24, 2.45) is 12.1 Å². The lowest BCUT2D eigenvalue weighted by molar-refractivity contribution is 0.929. The number of imidazole rings is 1. The number of para-hydroxylation sites is 2. The molecule has 8 heteroatoms. The molecule has 1 heterocycles. The van der Waals surface area contributed by atoms with Crippen molar-refractivity contribution in [1.29, 1.82) is 5.26 Å². The van der Waals surface area contributed by atoms with Gasteiger partial charge in [-0.25, -0.2) is 4.98 Å². The number of halogens is 3. The number of anilines is 1. The SMILES string of the molecule is Cn1c(/C(C#N)=N\Nc2c(Br)cc(Br)cc2Br)nc2ccccc21. The molecule has 0 radical (unpaired) electrons. The lowest BCUT2D eigenvalue weighted by Crippen LogP contribution is -2.09. The van der Waals surface area contributed by atoms with Crippen molar-refractivity contribution in [3.8, 4) is 6.07 Å². The first-order valence-corrected chi connectivity index (χ1v) is 9.19. The molecule has 3 rings (SSSR count). The molecule has 0 aliphatic carbocycles. The predicted molar refractivity (Wildman–Crippen MR) is 106 cm³/mol. The van der Waals surface area contributed by atoms with E-state index in [9.17, 15) is 5.26 Å². The van der Waals surface area contributed by atoms with Crippen molar-refractivity contribution in [3.05, 3.63) is 55.6 Å². The average molecular weight is 512 g/mol. The van der Waals surface area contributed by atoms with Gasteiger partial charge in [-0.15, -0.1) is 0 Å². The Morgan fingerprint density at radius 2 is 1.88 bits per heavy atom. The number of benzene rings is 2. The van der Waals surface area contributed by atoms with Gasteiger partial charge in [0.25, 0.3) is 0 Å². The topological polar surface area (TPSA) is 66.0 Å². The van der Waals surface area contributed by atoms with E-state index in [1.165, 1.54) is 0 Å². The summed E-state index contributed by atoms with van der Waals surface area (Å²) in [6, 6.07) is 13.6. The third-order valence-electron chi connectivity index (χ3n) is 3.39. The molecule has 0 saturated carbocycles. The zero-order chi connectivity index (χ0) is 17.3. The van der Waals surface area contributed by atoms with Gasteiger partial charge in [-0.1, -0.05) is 28.1 Å². The van der Waals surface area contributed by atoms with E-state index in [0.717, 1.165) is 30.1 Å². The fourth-order valence-corrected chi connectivity index (χ4v) is 4.68. The fraction of sp³-hybridized carbons (Fsp3) is 0.0625. The average Bonchev–Trinajstić information content (AvgIpc) is 2.87. The molecule has 0 fully saturated rings. The summed E-state index contributed by atoms with van der Waals surface area (Å²) in [5.74, 6) is 0.510.